The average molecular weight is 316 g/mol. The van der Waals surface area contributed by atoms with Crippen molar-refractivity contribution in [3.05, 3.63) is 27.8 Å². The molecule has 0 radical (unpaired) electrons. The Bertz CT molecular complexity index is 307. The minimum Gasteiger partial charge on any atom is -0.490 e. The molecule has 0 heterocycles. The molecule has 0 spiro atoms. The van der Waals surface area contributed by atoms with E-state index < -0.39 is 0 Å². The van der Waals surface area contributed by atoms with Crippen LogP contribution in [0.5, 0.6) is 5.75 Å². The summed E-state index contributed by atoms with van der Waals surface area (Å²) in [5.74, 6) is 1.85. The number of hydrogen-bond donors (Lipinski definition) is 0. The molecule has 1 saturated carbocycles. The number of ether oxygens (including phenoxy) is 1. The fourth-order valence-electron chi connectivity index (χ4n) is 2.19. The van der Waals surface area contributed by atoms with Crippen LogP contribution >= 0.6 is 22.6 Å². The summed E-state index contributed by atoms with van der Waals surface area (Å²) < 4.78 is 7.24. The lowest BCUT2D eigenvalue weighted by atomic mass is 9.89. The van der Waals surface area contributed by atoms with Crippen LogP contribution in [0, 0.1) is 9.49 Å². The average Bonchev–Trinajstić information content (AvgIpc) is 2.22. The number of hydrogen-bond acceptors (Lipinski definition) is 1. The molecule has 2 heteroatoms. The van der Waals surface area contributed by atoms with E-state index in [1.54, 1.807) is 0 Å². The third-order valence-corrected chi connectivity index (χ3v) is 3.72. The summed E-state index contributed by atoms with van der Waals surface area (Å²) in [5, 5.41) is 0. The Kier molecular flexibility index (Phi) is 3.89. The molecule has 1 aliphatic rings. The molecule has 2 unspecified atom stereocenters. The van der Waals surface area contributed by atoms with Crippen LogP contribution in [0.2, 0.25) is 0 Å². The fraction of sp³-hybridized carbons (Fsp3) is 0.538. The van der Waals surface area contributed by atoms with Crippen molar-refractivity contribution in [1.82, 2.24) is 0 Å². The highest BCUT2D eigenvalue weighted by Crippen LogP contribution is 2.27. The van der Waals surface area contributed by atoms with Gasteiger partial charge >= 0.3 is 0 Å². The van der Waals surface area contributed by atoms with Gasteiger partial charge in [-0.15, -0.1) is 0 Å². The SMILES string of the molecule is CC1CCCC(Oc2ccc(I)cc2)C1. The Morgan fingerprint density at radius 3 is 2.60 bits per heavy atom. The van der Waals surface area contributed by atoms with Gasteiger partial charge in [-0.1, -0.05) is 13.3 Å². The van der Waals surface area contributed by atoms with Gasteiger partial charge in [-0.3, -0.25) is 0 Å². The molecule has 0 saturated heterocycles. The van der Waals surface area contributed by atoms with Gasteiger partial charge in [0.25, 0.3) is 0 Å². The molecule has 1 aromatic carbocycles. The summed E-state index contributed by atoms with van der Waals surface area (Å²) in [5.41, 5.74) is 0. The van der Waals surface area contributed by atoms with Gasteiger partial charge in [0.2, 0.25) is 0 Å². The van der Waals surface area contributed by atoms with E-state index in [0.717, 1.165) is 11.7 Å². The monoisotopic (exact) mass is 316 g/mol. The molecule has 0 aromatic heterocycles. The molecular formula is C13H17IO. The zero-order valence-electron chi connectivity index (χ0n) is 9.08. The Balaban J connectivity index is 1.93. The summed E-state index contributed by atoms with van der Waals surface area (Å²) in [6.45, 7) is 2.32. The number of rotatable bonds is 2. The largest absolute Gasteiger partial charge is 0.490 e. The third-order valence-electron chi connectivity index (χ3n) is 3.00. The fourth-order valence-corrected chi connectivity index (χ4v) is 2.55. The second-order valence-electron chi connectivity index (χ2n) is 4.47. The molecule has 82 valence electrons. The van der Waals surface area contributed by atoms with Crippen molar-refractivity contribution in [1.29, 1.82) is 0 Å². The topological polar surface area (TPSA) is 9.23 Å². The summed E-state index contributed by atoms with van der Waals surface area (Å²) in [7, 11) is 0. The van der Waals surface area contributed by atoms with Crippen molar-refractivity contribution < 1.29 is 4.74 Å². The van der Waals surface area contributed by atoms with Gasteiger partial charge in [0.15, 0.2) is 0 Å². The van der Waals surface area contributed by atoms with E-state index in [2.05, 4.69) is 53.8 Å². The lowest BCUT2D eigenvalue weighted by Gasteiger charge is -2.27. The molecule has 2 rings (SSSR count). The first kappa shape index (κ1) is 11.2. The molecule has 0 bridgehead atoms. The maximum atomic E-state index is 5.98. The number of benzene rings is 1. The lowest BCUT2D eigenvalue weighted by Crippen LogP contribution is -2.23. The van der Waals surface area contributed by atoms with Gasteiger partial charge in [-0.25, -0.2) is 0 Å². The van der Waals surface area contributed by atoms with E-state index in [-0.39, 0.29) is 0 Å². The van der Waals surface area contributed by atoms with Crippen LogP contribution in [0.1, 0.15) is 32.6 Å². The van der Waals surface area contributed by atoms with Crippen LogP contribution in [0.3, 0.4) is 0 Å². The lowest BCUT2D eigenvalue weighted by molar-refractivity contribution is 0.129. The Morgan fingerprint density at radius 2 is 1.93 bits per heavy atom. The molecule has 1 fully saturated rings. The zero-order chi connectivity index (χ0) is 10.7. The molecular weight excluding hydrogens is 299 g/mol. The first-order valence-corrected chi connectivity index (χ1v) is 6.74. The van der Waals surface area contributed by atoms with Crippen LogP contribution in [0.25, 0.3) is 0 Å². The van der Waals surface area contributed by atoms with Crippen molar-refractivity contribution in [3.8, 4) is 5.75 Å². The van der Waals surface area contributed by atoms with E-state index in [0.29, 0.717) is 6.10 Å². The zero-order valence-corrected chi connectivity index (χ0v) is 11.2. The maximum absolute atomic E-state index is 5.98. The van der Waals surface area contributed by atoms with Crippen molar-refractivity contribution in [2.75, 3.05) is 0 Å². The van der Waals surface area contributed by atoms with Crippen LogP contribution in [-0.4, -0.2) is 6.10 Å². The molecule has 2 atom stereocenters. The molecule has 1 aromatic rings. The van der Waals surface area contributed by atoms with E-state index in [1.807, 2.05) is 0 Å². The highest BCUT2D eigenvalue weighted by molar-refractivity contribution is 14.1. The van der Waals surface area contributed by atoms with Gasteiger partial charge < -0.3 is 4.74 Å². The van der Waals surface area contributed by atoms with E-state index in [9.17, 15) is 0 Å². The molecule has 0 aliphatic heterocycles. The van der Waals surface area contributed by atoms with Crippen LogP contribution < -0.4 is 4.74 Å². The Hall–Kier alpha value is -0.250. The summed E-state index contributed by atoms with van der Waals surface area (Å²) >= 11 is 2.31. The van der Waals surface area contributed by atoms with Gasteiger partial charge in [-0.2, -0.15) is 0 Å². The minimum absolute atomic E-state index is 0.439. The van der Waals surface area contributed by atoms with Crippen LogP contribution in [0.4, 0.5) is 0 Å². The first-order valence-electron chi connectivity index (χ1n) is 5.66. The second kappa shape index (κ2) is 5.19. The Morgan fingerprint density at radius 1 is 1.20 bits per heavy atom. The predicted molar refractivity (Wildman–Crippen MR) is 71.2 cm³/mol. The van der Waals surface area contributed by atoms with E-state index >= 15 is 0 Å². The molecule has 15 heavy (non-hydrogen) atoms. The van der Waals surface area contributed by atoms with Gasteiger partial charge in [0.05, 0.1) is 6.10 Å². The minimum atomic E-state index is 0.439. The molecule has 1 aliphatic carbocycles. The van der Waals surface area contributed by atoms with E-state index in [4.69, 9.17) is 4.74 Å². The quantitative estimate of drug-likeness (QED) is 0.741. The molecule has 0 amide bonds. The Labute approximate surface area is 105 Å². The predicted octanol–water partition coefficient (Wildman–Crippen LogP) is 4.25. The van der Waals surface area contributed by atoms with Gasteiger partial charge in [0.1, 0.15) is 5.75 Å². The molecule has 1 nitrogen and oxygen atoms in total. The molecule has 0 N–H and O–H groups in total. The van der Waals surface area contributed by atoms with Crippen LogP contribution in [0.15, 0.2) is 24.3 Å². The summed E-state index contributed by atoms with van der Waals surface area (Å²) in [6.07, 6.45) is 5.55. The van der Waals surface area contributed by atoms with Gasteiger partial charge in [0, 0.05) is 3.57 Å². The maximum Gasteiger partial charge on any atom is 0.119 e. The highest BCUT2D eigenvalue weighted by Gasteiger charge is 2.19. The van der Waals surface area contributed by atoms with Crippen LogP contribution in [-0.2, 0) is 0 Å². The van der Waals surface area contributed by atoms with Crippen molar-refractivity contribution in [3.63, 3.8) is 0 Å². The second-order valence-corrected chi connectivity index (χ2v) is 5.71. The standard InChI is InChI=1S/C13H17IO/c1-10-3-2-4-13(9-10)15-12-7-5-11(14)6-8-12/h5-8,10,13H,2-4,9H2,1H3. The van der Waals surface area contributed by atoms with E-state index in [1.165, 1.54) is 29.3 Å². The van der Waals surface area contributed by atoms with Crippen molar-refractivity contribution >= 4 is 22.6 Å². The van der Waals surface area contributed by atoms with Gasteiger partial charge in [-0.05, 0) is 72.0 Å². The third kappa shape index (κ3) is 3.37. The normalized spacial score (nSPS) is 26.3. The summed E-state index contributed by atoms with van der Waals surface area (Å²) in [6, 6.07) is 8.34. The van der Waals surface area contributed by atoms with Crippen molar-refractivity contribution in [2.45, 2.75) is 38.7 Å². The smallest absolute Gasteiger partial charge is 0.119 e. The first-order chi connectivity index (χ1) is 7.24. The highest BCUT2D eigenvalue weighted by atomic mass is 127. The summed E-state index contributed by atoms with van der Waals surface area (Å²) in [4.78, 5) is 0. The number of halogens is 1. The van der Waals surface area contributed by atoms with Crippen molar-refractivity contribution in [2.24, 2.45) is 5.92 Å².